The molecule has 1 amide bonds. The first kappa shape index (κ1) is 17.5. The van der Waals surface area contributed by atoms with Crippen molar-refractivity contribution in [2.75, 3.05) is 40.3 Å². The highest BCUT2D eigenvalue weighted by Crippen LogP contribution is 2.28. The van der Waals surface area contributed by atoms with E-state index in [1.54, 1.807) is 7.11 Å². The van der Waals surface area contributed by atoms with E-state index in [2.05, 4.69) is 11.9 Å². The van der Waals surface area contributed by atoms with Gasteiger partial charge in [-0.05, 0) is 31.3 Å². The molecule has 5 heteroatoms. The van der Waals surface area contributed by atoms with E-state index in [9.17, 15) is 4.79 Å². The molecule has 1 aromatic heterocycles. The number of carbonyl (C=O) groups excluding carboxylic acids is 1. The van der Waals surface area contributed by atoms with E-state index in [0.29, 0.717) is 5.56 Å². The molecule has 1 fully saturated rings. The highest BCUT2D eigenvalue weighted by atomic mass is 16.5. The summed E-state index contributed by atoms with van der Waals surface area (Å²) in [5, 5.41) is 0.896. The van der Waals surface area contributed by atoms with Crippen LogP contribution in [-0.4, -0.2) is 61.0 Å². The third-order valence-corrected chi connectivity index (χ3v) is 5.10. The number of amides is 1. The molecular weight excluding hydrogens is 338 g/mol. The van der Waals surface area contributed by atoms with Gasteiger partial charge in [-0.15, -0.1) is 0 Å². The molecule has 0 atom stereocenters. The lowest BCUT2D eigenvalue weighted by Gasteiger charge is -2.32. The average Bonchev–Trinajstić information content (AvgIpc) is 2.73. The minimum absolute atomic E-state index is 0.0749. The molecule has 27 heavy (non-hydrogen) atoms. The summed E-state index contributed by atoms with van der Waals surface area (Å²) < 4.78 is 5.34. The Bertz CT molecular complexity index is 978. The molecule has 5 nitrogen and oxygen atoms in total. The van der Waals surface area contributed by atoms with Crippen molar-refractivity contribution in [2.45, 2.75) is 0 Å². The van der Waals surface area contributed by atoms with Crippen LogP contribution in [0.5, 0.6) is 5.75 Å². The zero-order valence-electron chi connectivity index (χ0n) is 15.7. The Hall–Kier alpha value is -2.92. The van der Waals surface area contributed by atoms with Crippen LogP contribution >= 0.6 is 0 Å². The summed E-state index contributed by atoms with van der Waals surface area (Å²) in [5.41, 5.74) is 3.26. The van der Waals surface area contributed by atoms with Gasteiger partial charge in [0.05, 0.1) is 23.9 Å². The maximum atomic E-state index is 13.3. The van der Waals surface area contributed by atoms with Crippen molar-refractivity contribution in [2.24, 2.45) is 0 Å². The molecule has 138 valence electrons. The maximum absolute atomic E-state index is 13.3. The normalized spacial score (nSPS) is 15.1. The molecule has 0 spiro atoms. The van der Waals surface area contributed by atoms with Crippen molar-refractivity contribution >= 4 is 16.8 Å². The van der Waals surface area contributed by atoms with Crippen molar-refractivity contribution in [3.05, 3.63) is 60.2 Å². The molecule has 4 rings (SSSR count). The number of methoxy groups -OCH3 is 1. The molecule has 0 N–H and O–H groups in total. The fraction of sp³-hybridized carbons (Fsp3) is 0.273. The molecule has 3 aromatic rings. The Balaban J connectivity index is 1.80. The monoisotopic (exact) mass is 361 g/mol. The topological polar surface area (TPSA) is 45.7 Å². The number of nitrogens with zero attached hydrogens (tertiary/aromatic N) is 3. The largest absolute Gasteiger partial charge is 0.497 e. The van der Waals surface area contributed by atoms with Gasteiger partial charge in [0, 0.05) is 37.1 Å². The second kappa shape index (κ2) is 7.37. The van der Waals surface area contributed by atoms with Gasteiger partial charge in [0.15, 0.2) is 0 Å². The van der Waals surface area contributed by atoms with Crippen LogP contribution in [0.4, 0.5) is 0 Å². The van der Waals surface area contributed by atoms with Crippen LogP contribution in [0.25, 0.3) is 22.2 Å². The molecule has 0 unspecified atom stereocenters. The van der Waals surface area contributed by atoms with E-state index < -0.39 is 0 Å². The minimum atomic E-state index is 0.0749. The van der Waals surface area contributed by atoms with E-state index >= 15 is 0 Å². The predicted octanol–water partition coefficient (Wildman–Crippen LogP) is 3.30. The Morgan fingerprint density at radius 2 is 1.78 bits per heavy atom. The third kappa shape index (κ3) is 3.51. The SMILES string of the molecule is COc1cccc(-c2cc(C(=O)N3CCN(C)CC3)c3ccccc3n2)c1. The van der Waals surface area contributed by atoms with Crippen molar-refractivity contribution < 1.29 is 9.53 Å². The predicted molar refractivity (Wildman–Crippen MR) is 107 cm³/mol. The van der Waals surface area contributed by atoms with E-state index in [1.807, 2.05) is 59.5 Å². The summed E-state index contributed by atoms with van der Waals surface area (Å²) in [5.74, 6) is 0.847. The molecule has 1 saturated heterocycles. The average molecular weight is 361 g/mol. The number of carbonyl (C=O) groups is 1. The number of piperazine rings is 1. The number of ether oxygens (including phenoxy) is 1. The van der Waals surface area contributed by atoms with Gasteiger partial charge in [0.2, 0.25) is 0 Å². The van der Waals surface area contributed by atoms with Crippen LogP contribution in [0.2, 0.25) is 0 Å². The van der Waals surface area contributed by atoms with Gasteiger partial charge in [-0.25, -0.2) is 4.98 Å². The quantitative estimate of drug-likeness (QED) is 0.718. The van der Waals surface area contributed by atoms with Gasteiger partial charge in [0.25, 0.3) is 5.91 Å². The highest BCUT2D eigenvalue weighted by molar-refractivity contribution is 6.07. The lowest BCUT2D eigenvalue weighted by atomic mass is 10.0. The van der Waals surface area contributed by atoms with Crippen LogP contribution < -0.4 is 4.74 Å². The number of hydrogen-bond donors (Lipinski definition) is 0. The lowest BCUT2D eigenvalue weighted by Crippen LogP contribution is -2.47. The molecular formula is C22H23N3O2. The van der Waals surface area contributed by atoms with Gasteiger partial charge in [-0.2, -0.15) is 0 Å². The summed E-state index contributed by atoms with van der Waals surface area (Å²) in [6.45, 7) is 3.30. The van der Waals surface area contributed by atoms with Gasteiger partial charge >= 0.3 is 0 Å². The van der Waals surface area contributed by atoms with Gasteiger partial charge in [-0.1, -0.05) is 30.3 Å². The number of para-hydroxylation sites is 1. The van der Waals surface area contributed by atoms with Crippen LogP contribution in [-0.2, 0) is 0 Å². The van der Waals surface area contributed by atoms with Crippen molar-refractivity contribution in [3.8, 4) is 17.0 Å². The molecule has 1 aliphatic rings. The summed E-state index contributed by atoms with van der Waals surface area (Å²) in [6.07, 6.45) is 0. The van der Waals surface area contributed by atoms with E-state index in [-0.39, 0.29) is 5.91 Å². The maximum Gasteiger partial charge on any atom is 0.254 e. The molecule has 0 radical (unpaired) electrons. The highest BCUT2D eigenvalue weighted by Gasteiger charge is 2.23. The fourth-order valence-electron chi connectivity index (χ4n) is 3.46. The zero-order valence-corrected chi connectivity index (χ0v) is 15.7. The van der Waals surface area contributed by atoms with Gasteiger partial charge in [0.1, 0.15) is 5.75 Å². The fourth-order valence-corrected chi connectivity index (χ4v) is 3.46. The molecule has 1 aliphatic heterocycles. The Morgan fingerprint density at radius 3 is 2.56 bits per heavy atom. The second-order valence-electron chi connectivity index (χ2n) is 6.90. The number of likely N-dealkylation sites (N-methyl/N-ethyl adjacent to an activating group) is 1. The van der Waals surface area contributed by atoms with Crippen molar-refractivity contribution in [1.29, 1.82) is 0 Å². The van der Waals surface area contributed by atoms with Crippen LogP contribution in [0.1, 0.15) is 10.4 Å². The summed E-state index contributed by atoms with van der Waals surface area (Å²) >= 11 is 0. The summed E-state index contributed by atoms with van der Waals surface area (Å²) in [4.78, 5) is 22.3. The second-order valence-corrected chi connectivity index (χ2v) is 6.90. The Kier molecular flexibility index (Phi) is 4.77. The summed E-state index contributed by atoms with van der Waals surface area (Å²) in [7, 11) is 3.74. The molecule has 0 aliphatic carbocycles. The minimum Gasteiger partial charge on any atom is -0.497 e. The van der Waals surface area contributed by atoms with E-state index in [0.717, 1.165) is 54.1 Å². The Morgan fingerprint density at radius 1 is 1.00 bits per heavy atom. The number of hydrogen-bond acceptors (Lipinski definition) is 4. The van der Waals surface area contributed by atoms with Crippen LogP contribution in [0.3, 0.4) is 0 Å². The van der Waals surface area contributed by atoms with Gasteiger partial charge in [-0.3, -0.25) is 4.79 Å². The number of benzene rings is 2. The Labute approximate surface area is 159 Å². The van der Waals surface area contributed by atoms with Gasteiger partial charge < -0.3 is 14.5 Å². The molecule has 2 aromatic carbocycles. The number of fused-ring (bicyclic) bond motifs is 1. The summed E-state index contributed by atoms with van der Waals surface area (Å²) in [6, 6.07) is 17.5. The van der Waals surface area contributed by atoms with E-state index in [1.165, 1.54) is 0 Å². The van der Waals surface area contributed by atoms with Crippen LogP contribution in [0.15, 0.2) is 54.6 Å². The lowest BCUT2D eigenvalue weighted by molar-refractivity contribution is 0.0666. The molecule has 0 bridgehead atoms. The third-order valence-electron chi connectivity index (χ3n) is 5.10. The van der Waals surface area contributed by atoms with Crippen molar-refractivity contribution in [1.82, 2.24) is 14.8 Å². The van der Waals surface area contributed by atoms with Crippen molar-refractivity contribution in [3.63, 3.8) is 0 Å². The van der Waals surface area contributed by atoms with Crippen LogP contribution in [0, 0.1) is 0 Å². The first-order valence-electron chi connectivity index (χ1n) is 9.18. The molecule has 2 heterocycles. The molecule has 0 saturated carbocycles. The number of aromatic nitrogens is 1. The smallest absolute Gasteiger partial charge is 0.254 e. The first-order chi connectivity index (χ1) is 13.2. The number of rotatable bonds is 3. The first-order valence-corrected chi connectivity index (χ1v) is 9.18. The van der Waals surface area contributed by atoms with E-state index in [4.69, 9.17) is 9.72 Å². The number of pyridine rings is 1. The standard InChI is InChI=1S/C22H23N3O2/c1-24-10-12-25(13-11-24)22(26)19-15-21(16-6-5-7-17(14-16)27-2)23-20-9-4-3-8-18(19)20/h3-9,14-15H,10-13H2,1-2H3. The zero-order chi connectivity index (χ0) is 18.8.